The minimum atomic E-state index is -1.17. The van der Waals surface area contributed by atoms with E-state index in [9.17, 15) is 9.59 Å². The summed E-state index contributed by atoms with van der Waals surface area (Å²) in [5.41, 5.74) is -0.783. The van der Waals surface area contributed by atoms with Gasteiger partial charge in [-0.3, -0.25) is 5.32 Å². The molecule has 0 bridgehead atoms. The Kier molecular flexibility index (Phi) is 5.56. The van der Waals surface area contributed by atoms with Crippen molar-refractivity contribution in [3.63, 3.8) is 0 Å². The topological polar surface area (TPSA) is 75.6 Å². The number of carbonyl (C=O) groups excluding carboxylic acids is 1. The van der Waals surface area contributed by atoms with Gasteiger partial charge in [-0.1, -0.05) is 19.4 Å². The van der Waals surface area contributed by atoms with Crippen molar-refractivity contribution in [1.29, 1.82) is 0 Å². The van der Waals surface area contributed by atoms with Crippen LogP contribution < -0.4 is 5.32 Å². The molecular formula is C11H19NO4. The van der Waals surface area contributed by atoms with Crippen molar-refractivity contribution in [2.75, 3.05) is 0 Å². The average molecular weight is 229 g/mol. The zero-order chi connectivity index (χ0) is 12.8. The summed E-state index contributed by atoms with van der Waals surface area (Å²) in [7, 11) is 0. The fourth-order valence-corrected chi connectivity index (χ4v) is 0.894. The number of hydrogen-bond acceptors (Lipinski definition) is 3. The van der Waals surface area contributed by atoms with Gasteiger partial charge in [-0.25, -0.2) is 9.59 Å². The van der Waals surface area contributed by atoms with Gasteiger partial charge < -0.3 is 9.84 Å². The minimum absolute atomic E-state index is 0.142. The number of ether oxygens (including phenoxy) is 1. The maximum absolute atomic E-state index is 11.3. The molecule has 0 radical (unpaired) electrons. The van der Waals surface area contributed by atoms with Crippen molar-refractivity contribution in [2.24, 2.45) is 0 Å². The zero-order valence-corrected chi connectivity index (χ0v) is 10.2. The number of carboxylic acids is 1. The predicted octanol–water partition coefficient (Wildman–Crippen LogP) is 2.28. The molecule has 5 nitrogen and oxygen atoms in total. The SMILES string of the molecule is CCCC=C(NC(=O)OC(C)(C)C)C(=O)O. The molecule has 0 heterocycles. The highest BCUT2D eigenvalue weighted by Gasteiger charge is 2.18. The Labute approximate surface area is 95.5 Å². The second-order valence-electron chi connectivity index (χ2n) is 4.34. The summed E-state index contributed by atoms with van der Waals surface area (Å²) in [4.78, 5) is 22.1. The number of alkyl carbamates (subject to hydrolysis) is 1. The Bertz CT molecular complexity index is 289. The Morgan fingerprint density at radius 3 is 2.31 bits per heavy atom. The Morgan fingerprint density at radius 2 is 1.94 bits per heavy atom. The molecule has 0 saturated heterocycles. The van der Waals surface area contributed by atoms with Crippen molar-refractivity contribution in [1.82, 2.24) is 5.32 Å². The van der Waals surface area contributed by atoms with E-state index in [1.807, 2.05) is 6.92 Å². The Balaban J connectivity index is 4.42. The standard InChI is InChI=1S/C11H19NO4/c1-5-6-7-8(9(13)14)12-10(15)16-11(2,3)4/h7H,5-6H2,1-4H3,(H,12,15)(H,13,14). The van der Waals surface area contributed by atoms with Gasteiger partial charge in [-0.05, 0) is 27.2 Å². The van der Waals surface area contributed by atoms with Crippen LogP contribution in [0.15, 0.2) is 11.8 Å². The number of rotatable bonds is 4. The van der Waals surface area contributed by atoms with Crippen LogP contribution in [0.1, 0.15) is 40.5 Å². The highest BCUT2D eigenvalue weighted by molar-refractivity contribution is 5.90. The van der Waals surface area contributed by atoms with Gasteiger partial charge in [0.1, 0.15) is 11.3 Å². The lowest BCUT2D eigenvalue weighted by Gasteiger charge is -2.19. The van der Waals surface area contributed by atoms with Gasteiger partial charge in [0.05, 0.1) is 0 Å². The third-order valence-electron chi connectivity index (χ3n) is 1.50. The van der Waals surface area contributed by atoms with Crippen molar-refractivity contribution >= 4 is 12.1 Å². The molecule has 1 amide bonds. The summed E-state index contributed by atoms with van der Waals surface area (Å²) in [6, 6.07) is 0. The minimum Gasteiger partial charge on any atom is -0.477 e. The molecule has 0 spiro atoms. The van der Waals surface area contributed by atoms with Gasteiger partial charge in [0.15, 0.2) is 0 Å². The number of carbonyl (C=O) groups is 2. The van der Waals surface area contributed by atoms with Crippen molar-refractivity contribution in [3.8, 4) is 0 Å². The van der Waals surface area contributed by atoms with E-state index in [-0.39, 0.29) is 5.70 Å². The lowest BCUT2D eigenvalue weighted by molar-refractivity contribution is -0.133. The van der Waals surface area contributed by atoms with E-state index in [1.54, 1.807) is 20.8 Å². The van der Waals surface area contributed by atoms with E-state index < -0.39 is 17.7 Å². The molecule has 92 valence electrons. The van der Waals surface area contributed by atoms with Crippen molar-refractivity contribution in [2.45, 2.75) is 46.1 Å². The molecule has 5 heteroatoms. The molecule has 0 fully saturated rings. The number of allylic oxidation sites excluding steroid dienone is 1. The molecule has 0 aromatic carbocycles. The van der Waals surface area contributed by atoms with Gasteiger partial charge in [-0.15, -0.1) is 0 Å². The first-order chi connectivity index (χ1) is 7.26. The van der Waals surface area contributed by atoms with Crippen LogP contribution in [-0.4, -0.2) is 22.8 Å². The lowest BCUT2D eigenvalue weighted by atomic mass is 10.2. The smallest absolute Gasteiger partial charge is 0.412 e. The molecule has 0 atom stereocenters. The maximum atomic E-state index is 11.3. The van der Waals surface area contributed by atoms with Crippen LogP contribution in [0.25, 0.3) is 0 Å². The molecule has 0 aliphatic carbocycles. The predicted molar refractivity (Wildman–Crippen MR) is 60.0 cm³/mol. The molecule has 0 aliphatic rings. The molecule has 0 unspecified atom stereocenters. The van der Waals surface area contributed by atoms with Crippen LogP contribution in [0.5, 0.6) is 0 Å². The first-order valence-electron chi connectivity index (χ1n) is 5.19. The number of unbranched alkanes of at least 4 members (excludes halogenated alkanes) is 1. The summed E-state index contributed by atoms with van der Waals surface area (Å²) in [6.07, 6.45) is 2.12. The Hall–Kier alpha value is -1.52. The Morgan fingerprint density at radius 1 is 1.38 bits per heavy atom. The molecule has 0 aromatic rings. The molecule has 0 aromatic heterocycles. The molecule has 0 saturated carbocycles. The fraction of sp³-hybridized carbons (Fsp3) is 0.636. The van der Waals surface area contributed by atoms with Gasteiger partial charge in [0.25, 0.3) is 0 Å². The largest absolute Gasteiger partial charge is 0.477 e. The maximum Gasteiger partial charge on any atom is 0.412 e. The van der Waals surface area contributed by atoms with Gasteiger partial charge >= 0.3 is 12.1 Å². The van der Waals surface area contributed by atoms with E-state index in [0.717, 1.165) is 6.42 Å². The zero-order valence-electron chi connectivity index (χ0n) is 10.2. The number of carboxylic acid groups (broad SMARTS) is 1. The second-order valence-corrected chi connectivity index (χ2v) is 4.34. The van der Waals surface area contributed by atoms with Crippen LogP contribution >= 0.6 is 0 Å². The quantitative estimate of drug-likeness (QED) is 0.725. The highest BCUT2D eigenvalue weighted by Crippen LogP contribution is 2.07. The van der Waals surface area contributed by atoms with E-state index >= 15 is 0 Å². The van der Waals surface area contributed by atoms with E-state index in [1.165, 1.54) is 6.08 Å². The van der Waals surface area contributed by atoms with Gasteiger partial charge in [0, 0.05) is 0 Å². The molecule has 16 heavy (non-hydrogen) atoms. The molecule has 0 aliphatic heterocycles. The summed E-state index contributed by atoms with van der Waals surface area (Å²) < 4.78 is 4.94. The van der Waals surface area contributed by atoms with Crippen molar-refractivity contribution in [3.05, 3.63) is 11.8 Å². The third kappa shape index (κ3) is 6.86. The summed E-state index contributed by atoms with van der Waals surface area (Å²) in [6.45, 7) is 7.05. The molecule has 2 N–H and O–H groups in total. The van der Waals surface area contributed by atoms with E-state index in [4.69, 9.17) is 9.84 Å². The van der Waals surface area contributed by atoms with Crippen LogP contribution in [-0.2, 0) is 9.53 Å². The number of hydrogen-bond donors (Lipinski definition) is 2. The monoisotopic (exact) mass is 229 g/mol. The highest BCUT2D eigenvalue weighted by atomic mass is 16.6. The van der Waals surface area contributed by atoms with Gasteiger partial charge in [0.2, 0.25) is 0 Å². The summed E-state index contributed by atoms with van der Waals surface area (Å²) in [5, 5.41) is 11.0. The van der Waals surface area contributed by atoms with E-state index in [0.29, 0.717) is 6.42 Å². The van der Waals surface area contributed by atoms with E-state index in [2.05, 4.69) is 5.32 Å². The number of amides is 1. The molecule has 0 rings (SSSR count). The third-order valence-corrected chi connectivity index (χ3v) is 1.50. The first-order valence-corrected chi connectivity index (χ1v) is 5.19. The second kappa shape index (κ2) is 6.15. The van der Waals surface area contributed by atoms with Crippen molar-refractivity contribution < 1.29 is 19.4 Å². The lowest BCUT2D eigenvalue weighted by Crippen LogP contribution is -2.34. The number of nitrogens with one attached hydrogen (secondary N) is 1. The fourth-order valence-electron chi connectivity index (χ4n) is 0.894. The van der Waals surface area contributed by atoms with Crippen LogP contribution in [0.2, 0.25) is 0 Å². The number of aliphatic carboxylic acids is 1. The molecular weight excluding hydrogens is 210 g/mol. The average Bonchev–Trinajstić information content (AvgIpc) is 2.08. The van der Waals surface area contributed by atoms with Gasteiger partial charge in [-0.2, -0.15) is 0 Å². The summed E-state index contributed by atoms with van der Waals surface area (Å²) >= 11 is 0. The van der Waals surface area contributed by atoms with Crippen LogP contribution in [0.3, 0.4) is 0 Å². The normalized spacial score (nSPS) is 12.1. The first kappa shape index (κ1) is 14.5. The van der Waals surface area contributed by atoms with Crippen LogP contribution in [0, 0.1) is 0 Å². The summed E-state index contributed by atoms with van der Waals surface area (Å²) in [5.74, 6) is -1.17. The van der Waals surface area contributed by atoms with Crippen LogP contribution in [0.4, 0.5) is 4.79 Å².